The number of hydrogen-bond donors (Lipinski definition) is 2. The molecule has 0 aromatic heterocycles. The van der Waals surface area contributed by atoms with E-state index in [2.05, 4.69) is 10.6 Å². The van der Waals surface area contributed by atoms with Gasteiger partial charge in [0.15, 0.2) is 0 Å². The maximum absolute atomic E-state index is 10.6. The fourth-order valence-corrected chi connectivity index (χ4v) is 0.973. The minimum atomic E-state index is 0.176. The summed E-state index contributed by atoms with van der Waals surface area (Å²) in [6.45, 7) is 2.83. The van der Waals surface area contributed by atoms with Gasteiger partial charge in [0.25, 0.3) is 0 Å². The Morgan fingerprint density at radius 2 is 2.44 bits per heavy atom. The van der Waals surface area contributed by atoms with Crippen LogP contribution in [0.5, 0.6) is 0 Å². The molecule has 9 heavy (non-hydrogen) atoms. The maximum atomic E-state index is 10.6. The van der Waals surface area contributed by atoms with Crippen molar-refractivity contribution in [2.45, 2.75) is 13.0 Å². The van der Waals surface area contributed by atoms with Crippen molar-refractivity contribution in [3.05, 3.63) is 0 Å². The predicted octanol–water partition coefficient (Wildman–Crippen LogP) is -0.660. The molecule has 1 amide bonds. The van der Waals surface area contributed by atoms with E-state index >= 15 is 0 Å². The molecule has 0 unspecified atom stereocenters. The molecule has 0 bridgehead atoms. The summed E-state index contributed by atoms with van der Waals surface area (Å²) in [6.07, 6.45) is 0. The molecule has 1 saturated heterocycles. The van der Waals surface area contributed by atoms with Crippen LogP contribution in [0.25, 0.3) is 0 Å². The van der Waals surface area contributed by atoms with Gasteiger partial charge in [0, 0.05) is 6.54 Å². The van der Waals surface area contributed by atoms with Crippen LogP contribution in [0.4, 0.5) is 0 Å². The summed E-state index contributed by atoms with van der Waals surface area (Å²) in [5.74, 6) is 0.382. The number of rotatable bonds is 2. The molecule has 0 aliphatic carbocycles. The standard InChI is InChI=1S/C6H12N2O/c1-4-5(3-7-2)8-6(4)9/h4-5,7H,3H2,1-2H3,(H,8,9)/t4-,5+/m0/s1. The van der Waals surface area contributed by atoms with Gasteiger partial charge in [0.05, 0.1) is 12.0 Å². The van der Waals surface area contributed by atoms with Crippen LogP contribution < -0.4 is 10.6 Å². The van der Waals surface area contributed by atoms with Gasteiger partial charge in [0.2, 0.25) is 5.91 Å². The summed E-state index contributed by atoms with van der Waals surface area (Å²) >= 11 is 0. The Labute approximate surface area is 54.8 Å². The van der Waals surface area contributed by atoms with Crippen LogP contribution in [0.1, 0.15) is 6.92 Å². The molecule has 52 valence electrons. The lowest BCUT2D eigenvalue weighted by molar-refractivity contribution is -0.133. The SMILES string of the molecule is CNC[C@H]1NC(=O)[C@H]1C. The lowest BCUT2D eigenvalue weighted by Gasteiger charge is -2.33. The molecule has 1 heterocycles. The van der Waals surface area contributed by atoms with Crippen LogP contribution in [0.2, 0.25) is 0 Å². The topological polar surface area (TPSA) is 41.1 Å². The lowest BCUT2D eigenvalue weighted by Crippen LogP contribution is -2.60. The largest absolute Gasteiger partial charge is 0.351 e. The van der Waals surface area contributed by atoms with Gasteiger partial charge in [-0.2, -0.15) is 0 Å². The summed E-state index contributed by atoms with van der Waals surface area (Å²) in [5.41, 5.74) is 0. The number of nitrogens with one attached hydrogen (secondary N) is 2. The van der Waals surface area contributed by atoms with Crippen molar-refractivity contribution in [2.24, 2.45) is 5.92 Å². The second-order valence-electron chi connectivity index (χ2n) is 2.46. The van der Waals surface area contributed by atoms with E-state index in [0.29, 0.717) is 6.04 Å². The Hall–Kier alpha value is -0.570. The number of β-lactam (4-membered cyclic amide) rings is 1. The summed E-state index contributed by atoms with van der Waals surface area (Å²) < 4.78 is 0. The monoisotopic (exact) mass is 128 g/mol. The smallest absolute Gasteiger partial charge is 0.225 e. The zero-order valence-electron chi connectivity index (χ0n) is 5.77. The molecule has 0 aromatic rings. The molecule has 3 heteroatoms. The van der Waals surface area contributed by atoms with Gasteiger partial charge in [-0.25, -0.2) is 0 Å². The van der Waals surface area contributed by atoms with E-state index < -0.39 is 0 Å². The Bertz CT molecular complexity index is 124. The van der Waals surface area contributed by atoms with Crippen LogP contribution in [0.3, 0.4) is 0 Å². The van der Waals surface area contributed by atoms with E-state index in [4.69, 9.17) is 0 Å². The highest BCUT2D eigenvalue weighted by Crippen LogP contribution is 2.11. The zero-order chi connectivity index (χ0) is 6.85. The zero-order valence-corrected chi connectivity index (χ0v) is 5.77. The summed E-state index contributed by atoms with van der Waals surface area (Å²) in [6, 6.07) is 0.363. The van der Waals surface area contributed by atoms with E-state index in [-0.39, 0.29) is 11.8 Å². The van der Waals surface area contributed by atoms with Gasteiger partial charge in [0.1, 0.15) is 0 Å². The average Bonchev–Trinajstić information content (AvgIpc) is 1.88. The van der Waals surface area contributed by atoms with Crippen LogP contribution in [-0.2, 0) is 4.79 Å². The van der Waals surface area contributed by atoms with Crippen LogP contribution in [0, 0.1) is 5.92 Å². The Kier molecular flexibility index (Phi) is 1.71. The predicted molar refractivity (Wildman–Crippen MR) is 35.0 cm³/mol. The van der Waals surface area contributed by atoms with Crippen molar-refractivity contribution in [1.29, 1.82) is 0 Å². The molecule has 1 fully saturated rings. The van der Waals surface area contributed by atoms with E-state index in [1.54, 1.807) is 0 Å². The number of carbonyl (C=O) groups is 1. The van der Waals surface area contributed by atoms with Crippen molar-refractivity contribution in [3.63, 3.8) is 0 Å². The van der Waals surface area contributed by atoms with Gasteiger partial charge in [-0.05, 0) is 7.05 Å². The van der Waals surface area contributed by atoms with E-state index in [1.807, 2.05) is 14.0 Å². The Morgan fingerprint density at radius 3 is 2.78 bits per heavy atom. The minimum absolute atomic E-state index is 0.176. The molecule has 0 spiro atoms. The molecule has 1 rings (SSSR count). The third-order valence-corrected chi connectivity index (χ3v) is 1.77. The second-order valence-corrected chi connectivity index (χ2v) is 2.46. The normalized spacial score (nSPS) is 33.3. The highest BCUT2D eigenvalue weighted by molar-refractivity contribution is 5.85. The highest BCUT2D eigenvalue weighted by Gasteiger charge is 2.33. The molecule has 1 aliphatic rings. The Morgan fingerprint density at radius 1 is 1.78 bits per heavy atom. The van der Waals surface area contributed by atoms with Crippen LogP contribution in [0.15, 0.2) is 0 Å². The molecule has 1 aliphatic heterocycles. The minimum Gasteiger partial charge on any atom is -0.351 e. The molecular weight excluding hydrogens is 116 g/mol. The van der Waals surface area contributed by atoms with Crippen molar-refractivity contribution < 1.29 is 4.79 Å². The van der Waals surface area contributed by atoms with Crippen LogP contribution >= 0.6 is 0 Å². The van der Waals surface area contributed by atoms with Crippen molar-refractivity contribution in [2.75, 3.05) is 13.6 Å². The van der Waals surface area contributed by atoms with Gasteiger partial charge in [-0.1, -0.05) is 6.92 Å². The lowest BCUT2D eigenvalue weighted by atomic mass is 9.93. The second kappa shape index (κ2) is 2.35. The van der Waals surface area contributed by atoms with Crippen molar-refractivity contribution >= 4 is 5.91 Å². The van der Waals surface area contributed by atoms with Crippen molar-refractivity contribution in [1.82, 2.24) is 10.6 Å². The number of amides is 1. The molecule has 2 atom stereocenters. The molecule has 3 nitrogen and oxygen atoms in total. The quantitative estimate of drug-likeness (QED) is 0.485. The van der Waals surface area contributed by atoms with E-state index in [1.165, 1.54) is 0 Å². The first-order chi connectivity index (χ1) is 4.25. The summed E-state index contributed by atoms with van der Waals surface area (Å²) in [5, 5.41) is 5.80. The first-order valence-corrected chi connectivity index (χ1v) is 3.20. The molecule has 0 aromatic carbocycles. The van der Waals surface area contributed by atoms with Gasteiger partial charge in [-0.15, -0.1) is 0 Å². The first kappa shape index (κ1) is 6.55. The maximum Gasteiger partial charge on any atom is 0.225 e. The average molecular weight is 128 g/mol. The summed E-state index contributed by atoms with van der Waals surface area (Å²) in [7, 11) is 1.89. The fraction of sp³-hybridized carbons (Fsp3) is 0.833. The molecule has 0 radical (unpaired) electrons. The number of carbonyl (C=O) groups excluding carboxylic acids is 1. The van der Waals surface area contributed by atoms with Gasteiger partial charge < -0.3 is 10.6 Å². The first-order valence-electron chi connectivity index (χ1n) is 3.20. The van der Waals surface area contributed by atoms with Gasteiger partial charge >= 0.3 is 0 Å². The molecule has 0 saturated carbocycles. The molecule has 2 N–H and O–H groups in total. The van der Waals surface area contributed by atoms with Crippen LogP contribution in [-0.4, -0.2) is 25.5 Å². The number of likely N-dealkylation sites (N-methyl/N-ethyl adjacent to an activating group) is 1. The molecular formula is C6H12N2O. The number of hydrogen-bond acceptors (Lipinski definition) is 2. The summed E-state index contributed by atoms with van der Waals surface area (Å²) in [4.78, 5) is 10.6. The van der Waals surface area contributed by atoms with E-state index in [0.717, 1.165) is 6.54 Å². The van der Waals surface area contributed by atoms with Crippen molar-refractivity contribution in [3.8, 4) is 0 Å². The van der Waals surface area contributed by atoms with Gasteiger partial charge in [-0.3, -0.25) is 4.79 Å². The van der Waals surface area contributed by atoms with E-state index in [9.17, 15) is 4.79 Å². The third kappa shape index (κ3) is 1.05. The fourth-order valence-electron chi connectivity index (χ4n) is 0.973. The Balaban J connectivity index is 2.25. The highest BCUT2D eigenvalue weighted by atomic mass is 16.2. The third-order valence-electron chi connectivity index (χ3n) is 1.77.